The maximum Gasteiger partial charge on any atom is 0.256 e. The molecule has 3 nitrogen and oxygen atoms in total. The molecule has 0 amide bonds. The van der Waals surface area contributed by atoms with E-state index in [-0.39, 0.29) is 28.4 Å². The van der Waals surface area contributed by atoms with Crippen LogP contribution in [0.1, 0.15) is 105 Å². The van der Waals surface area contributed by atoms with Crippen LogP contribution >= 0.6 is 0 Å². The lowest BCUT2D eigenvalue weighted by molar-refractivity contribution is 0.483. The minimum atomic E-state index is -0.232. The Labute approximate surface area is 518 Å². The number of nitrogens with zero attached hydrogens (tertiary/aromatic N) is 2. The third-order valence-electron chi connectivity index (χ3n) is 19.6. The highest BCUT2D eigenvalue weighted by atomic mass is 16.5. The van der Waals surface area contributed by atoms with Crippen molar-refractivity contribution in [2.75, 3.05) is 4.90 Å². The molecule has 4 heteroatoms. The van der Waals surface area contributed by atoms with Gasteiger partial charge in [0.2, 0.25) is 0 Å². The topological polar surface area (TPSA) is 17.4 Å². The zero-order valence-corrected chi connectivity index (χ0v) is 52.7. The molecule has 88 heavy (non-hydrogen) atoms. The van der Waals surface area contributed by atoms with Gasteiger partial charge in [-0.3, -0.25) is 0 Å². The average Bonchev–Trinajstić information content (AvgIpc) is 0.867. The zero-order chi connectivity index (χ0) is 60.5. The van der Waals surface area contributed by atoms with Gasteiger partial charge >= 0.3 is 0 Å². The van der Waals surface area contributed by atoms with E-state index in [9.17, 15) is 0 Å². The Bertz CT molecular complexity index is 5080. The Balaban J connectivity index is 1.01. The van der Waals surface area contributed by atoms with Crippen LogP contribution in [0.25, 0.3) is 104 Å². The number of anilines is 3. The van der Waals surface area contributed by atoms with Crippen LogP contribution in [0.15, 0.2) is 224 Å². The van der Waals surface area contributed by atoms with Gasteiger partial charge in [-0.1, -0.05) is 241 Å². The lowest BCUT2D eigenvalue weighted by Crippen LogP contribution is -2.59. The molecule has 0 N–H and O–H groups in total. The molecule has 1 aromatic heterocycles. The van der Waals surface area contributed by atoms with E-state index >= 15 is 0 Å². The first-order chi connectivity index (χ1) is 42.2. The highest BCUT2D eigenvalue weighted by Gasteiger charge is 2.44. The quantitative estimate of drug-likeness (QED) is 0.0971. The minimum absolute atomic E-state index is 0.00682. The second kappa shape index (κ2) is 19.1. The van der Waals surface area contributed by atoms with Gasteiger partial charge in [0.1, 0.15) is 11.5 Å². The monoisotopic (exact) mass is 1140 g/mol. The Morgan fingerprint density at radius 3 is 1.44 bits per heavy atom. The number of hydrogen-bond donors (Lipinski definition) is 0. The van der Waals surface area contributed by atoms with Crippen molar-refractivity contribution in [1.29, 1.82) is 0 Å². The number of hydrogen-bond acceptors (Lipinski definition) is 2. The van der Waals surface area contributed by atoms with Crippen LogP contribution < -0.4 is 26.0 Å². The van der Waals surface area contributed by atoms with E-state index in [4.69, 9.17) is 4.74 Å². The summed E-state index contributed by atoms with van der Waals surface area (Å²) in [4.78, 5) is 2.66. The lowest BCUT2D eigenvalue weighted by Gasteiger charge is -2.43. The van der Waals surface area contributed by atoms with Gasteiger partial charge in [0.25, 0.3) is 6.71 Å². The van der Waals surface area contributed by atoms with Gasteiger partial charge in [-0.15, -0.1) is 0 Å². The van der Waals surface area contributed by atoms with Crippen LogP contribution in [0.2, 0.25) is 0 Å². The third-order valence-corrected chi connectivity index (χ3v) is 19.6. The van der Waals surface area contributed by atoms with E-state index in [0.717, 1.165) is 39.7 Å². The Kier molecular flexibility index (Phi) is 11.7. The van der Waals surface area contributed by atoms with Crippen molar-refractivity contribution < 1.29 is 4.74 Å². The molecule has 0 saturated carbocycles. The number of benzene rings is 13. The molecule has 0 unspecified atom stereocenters. The van der Waals surface area contributed by atoms with E-state index in [1.807, 2.05) is 0 Å². The van der Waals surface area contributed by atoms with Gasteiger partial charge in [0, 0.05) is 45.0 Å². The summed E-state index contributed by atoms with van der Waals surface area (Å²) >= 11 is 0. The molecule has 0 bridgehead atoms. The largest absolute Gasteiger partial charge is 0.458 e. The molecule has 0 atom stereocenters. The van der Waals surface area contributed by atoms with Gasteiger partial charge in [-0.05, 0) is 186 Å². The number of rotatable bonds is 5. The maximum absolute atomic E-state index is 7.64. The number of fused-ring (bicyclic) bond motifs is 9. The summed E-state index contributed by atoms with van der Waals surface area (Å²) in [6, 6.07) is 86.0. The predicted molar refractivity (Wildman–Crippen MR) is 379 cm³/mol. The summed E-state index contributed by atoms with van der Waals surface area (Å²) in [5.41, 5.74) is 22.3. The summed E-state index contributed by atoms with van der Waals surface area (Å²) < 4.78 is 10.1. The first kappa shape index (κ1) is 54.0. The summed E-state index contributed by atoms with van der Waals surface area (Å²) in [7, 11) is 0. The maximum atomic E-state index is 7.64. The summed E-state index contributed by atoms with van der Waals surface area (Å²) in [6.45, 7) is 27.8. The molecular weight excluding hydrogens is 1060 g/mol. The van der Waals surface area contributed by atoms with E-state index in [2.05, 4.69) is 317 Å². The normalized spacial score (nSPS) is 13.5. The molecule has 2 aliphatic heterocycles. The van der Waals surface area contributed by atoms with Crippen molar-refractivity contribution in [2.45, 2.75) is 105 Å². The fraction of sp³-hybridized carbons (Fsp3) is 0.190. The molecule has 0 saturated heterocycles. The molecule has 16 rings (SSSR count). The van der Waals surface area contributed by atoms with Crippen LogP contribution in [0.5, 0.6) is 11.5 Å². The van der Waals surface area contributed by atoms with Crippen LogP contribution in [-0.2, 0) is 21.7 Å². The minimum Gasteiger partial charge on any atom is -0.458 e. The van der Waals surface area contributed by atoms with E-state index in [0.29, 0.717) is 0 Å². The molecular formula is C84H73BN2O. The van der Waals surface area contributed by atoms with Gasteiger partial charge in [-0.2, -0.15) is 0 Å². The first-order valence-corrected chi connectivity index (χ1v) is 31.6. The van der Waals surface area contributed by atoms with Crippen molar-refractivity contribution in [3.63, 3.8) is 0 Å². The zero-order valence-electron chi connectivity index (χ0n) is 52.7. The van der Waals surface area contributed by atoms with E-state index < -0.39 is 0 Å². The molecule has 2 aliphatic rings. The second-order valence-corrected chi connectivity index (χ2v) is 29.3. The highest BCUT2D eigenvalue weighted by molar-refractivity contribution is 6.99. The molecule has 0 spiro atoms. The van der Waals surface area contributed by atoms with Gasteiger partial charge in [0.15, 0.2) is 0 Å². The second-order valence-electron chi connectivity index (χ2n) is 29.3. The SMILES string of the molecule is CC(C)(C)c1cc(-c2ccccc2)c(N2c3cc(-c4ccc5cccc6c7cccc8cccc(c4c56)c87)ccc3B3c4ccc(-n5c6ccc(C(C)(C)C)cc6c6cc(C(C)(C)C)ccc65)cc4Oc4cc(C(C)(C)C)cc2c43)c(-c2ccccc2)c1. The molecule has 0 aliphatic carbocycles. The molecule has 3 heterocycles. The Hall–Kier alpha value is -9.38. The summed E-state index contributed by atoms with van der Waals surface area (Å²) in [5, 5.41) is 12.8. The van der Waals surface area contributed by atoms with Gasteiger partial charge in [-0.25, -0.2) is 0 Å². The van der Waals surface area contributed by atoms with Crippen LogP contribution in [0.3, 0.4) is 0 Å². The fourth-order valence-electron chi connectivity index (χ4n) is 14.8. The first-order valence-electron chi connectivity index (χ1n) is 31.6. The molecule has 0 fully saturated rings. The smallest absolute Gasteiger partial charge is 0.256 e. The standard InChI is InChI=1S/C84H73BN2O/c1-81(2,3)55-34-40-70-66(43-55)67-44-56(82(4,5)6)35-41-71(67)86(70)59-36-39-69-74(49-59)88-75-48-58(84(10,11)12)47-73-79(75)85(69)68-38-33-54(60-37-32-53-28-20-30-62-61-29-19-26-52-27-21-31-63(76(52)61)78(60)77(53)62)42-72(68)87(73)80-64(50-22-15-13-16-23-50)45-57(83(7,8)9)46-65(80)51-24-17-14-18-25-51/h13-49H,1-12H3. The molecule has 13 aromatic carbocycles. The van der Waals surface area contributed by atoms with Crippen molar-refractivity contribution in [2.24, 2.45) is 0 Å². The average molecular weight is 1140 g/mol. The third kappa shape index (κ3) is 8.31. The molecule has 14 aromatic rings. The number of aromatic nitrogens is 1. The predicted octanol–water partition coefficient (Wildman–Crippen LogP) is 21.4. The summed E-state index contributed by atoms with van der Waals surface area (Å²) in [5.74, 6) is 1.78. The highest BCUT2D eigenvalue weighted by Crippen LogP contribution is 2.53. The van der Waals surface area contributed by atoms with Crippen molar-refractivity contribution in [1.82, 2.24) is 4.57 Å². The molecule has 428 valence electrons. The summed E-state index contributed by atoms with van der Waals surface area (Å²) in [6.07, 6.45) is 0. The molecule has 0 radical (unpaired) electrons. The Morgan fingerprint density at radius 2 is 0.864 bits per heavy atom. The van der Waals surface area contributed by atoms with Crippen LogP contribution in [-0.4, -0.2) is 11.3 Å². The van der Waals surface area contributed by atoms with Crippen LogP contribution in [0, 0.1) is 0 Å². The van der Waals surface area contributed by atoms with Crippen molar-refractivity contribution >= 4 is 105 Å². The van der Waals surface area contributed by atoms with Gasteiger partial charge in [0.05, 0.1) is 16.7 Å². The fourth-order valence-corrected chi connectivity index (χ4v) is 14.8. The van der Waals surface area contributed by atoms with E-state index in [1.165, 1.54) is 131 Å². The van der Waals surface area contributed by atoms with E-state index in [1.54, 1.807) is 0 Å². The lowest BCUT2D eigenvalue weighted by atomic mass is 9.34. The van der Waals surface area contributed by atoms with Crippen molar-refractivity contribution in [3.8, 4) is 50.6 Å². The van der Waals surface area contributed by atoms with Crippen LogP contribution in [0.4, 0.5) is 17.1 Å². The Morgan fingerprint density at radius 1 is 0.330 bits per heavy atom. The van der Waals surface area contributed by atoms with Crippen molar-refractivity contribution in [3.05, 3.63) is 247 Å². The van der Waals surface area contributed by atoms with Gasteiger partial charge < -0.3 is 14.2 Å². The number of ether oxygens (including phenoxy) is 1.